The molecular weight excluding hydrogens is 306 g/mol. The van der Waals surface area contributed by atoms with Crippen molar-refractivity contribution >= 4 is 17.6 Å². The second-order valence-corrected chi connectivity index (χ2v) is 6.01. The van der Waals surface area contributed by atoms with Crippen LogP contribution in [0.15, 0.2) is 41.0 Å². The highest BCUT2D eigenvalue weighted by Gasteiger charge is 2.26. The zero-order chi connectivity index (χ0) is 17.1. The first-order chi connectivity index (χ1) is 11.5. The summed E-state index contributed by atoms with van der Waals surface area (Å²) in [5.41, 5.74) is 2.96. The highest BCUT2D eigenvalue weighted by atomic mass is 16.3. The van der Waals surface area contributed by atoms with Gasteiger partial charge in [0.25, 0.3) is 5.91 Å². The smallest absolute Gasteiger partial charge is 0.321 e. The molecule has 3 amide bonds. The summed E-state index contributed by atoms with van der Waals surface area (Å²) in [5.74, 6) is 0.206. The number of aryl methyl sites for hydroxylation is 2. The number of carbonyl (C=O) groups excluding carboxylic acids is 2. The van der Waals surface area contributed by atoms with Crippen molar-refractivity contribution in [3.8, 4) is 0 Å². The first kappa shape index (κ1) is 16.1. The third kappa shape index (κ3) is 3.42. The van der Waals surface area contributed by atoms with Crippen LogP contribution >= 0.6 is 0 Å². The predicted octanol–water partition coefficient (Wildman–Crippen LogP) is 2.89. The van der Waals surface area contributed by atoms with Crippen molar-refractivity contribution in [3.63, 3.8) is 0 Å². The SMILES string of the molecule is Cc1ccc(C)c(NC(=O)N2CCN(C(=O)c3ccco3)CC2)c1. The van der Waals surface area contributed by atoms with E-state index < -0.39 is 0 Å². The van der Waals surface area contributed by atoms with Crippen molar-refractivity contribution in [1.29, 1.82) is 0 Å². The first-order valence-corrected chi connectivity index (χ1v) is 8.00. The highest BCUT2D eigenvalue weighted by molar-refractivity contribution is 5.92. The van der Waals surface area contributed by atoms with E-state index in [-0.39, 0.29) is 11.9 Å². The number of carbonyl (C=O) groups is 2. The molecule has 6 nitrogen and oxygen atoms in total. The molecule has 0 radical (unpaired) electrons. The van der Waals surface area contributed by atoms with E-state index in [1.165, 1.54) is 6.26 Å². The number of anilines is 1. The molecule has 1 saturated heterocycles. The lowest BCUT2D eigenvalue weighted by atomic mass is 10.1. The van der Waals surface area contributed by atoms with Crippen LogP contribution in [0.5, 0.6) is 0 Å². The number of hydrogen-bond donors (Lipinski definition) is 1. The molecule has 0 atom stereocenters. The van der Waals surface area contributed by atoms with Crippen LogP contribution in [0.1, 0.15) is 21.7 Å². The minimum absolute atomic E-state index is 0.130. The van der Waals surface area contributed by atoms with Gasteiger partial charge in [-0.2, -0.15) is 0 Å². The van der Waals surface area contributed by atoms with Crippen LogP contribution in [0, 0.1) is 13.8 Å². The minimum Gasteiger partial charge on any atom is -0.459 e. The Morgan fingerprint density at radius 2 is 1.75 bits per heavy atom. The molecule has 3 rings (SSSR count). The normalized spacial score (nSPS) is 14.6. The van der Waals surface area contributed by atoms with E-state index in [0.717, 1.165) is 16.8 Å². The molecule has 0 unspecified atom stereocenters. The van der Waals surface area contributed by atoms with Crippen LogP contribution < -0.4 is 5.32 Å². The van der Waals surface area contributed by atoms with Gasteiger partial charge < -0.3 is 19.5 Å². The first-order valence-electron chi connectivity index (χ1n) is 8.00. The second kappa shape index (κ2) is 6.78. The van der Waals surface area contributed by atoms with Gasteiger partial charge >= 0.3 is 6.03 Å². The summed E-state index contributed by atoms with van der Waals surface area (Å²) in [4.78, 5) is 28.1. The van der Waals surface area contributed by atoms with Crippen molar-refractivity contribution < 1.29 is 14.0 Å². The Morgan fingerprint density at radius 3 is 2.42 bits per heavy atom. The molecule has 1 aliphatic heterocycles. The fourth-order valence-electron chi connectivity index (χ4n) is 2.73. The molecule has 126 valence electrons. The Labute approximate surface area is 141 Å². The molecule has 0 spiro atoms. The number of nitrogens with one attached hydrogen (secondary N) is 1. The van der Waals surface area contributed by atoms with Gasteiger partial charge in [-0.25, -0.2) is 4.79 Å². The molecular formula is C18H21N3O3. The molecule has 1 aromatic carbocycles. The molecule has 1 N–H and O–H groups in total. The molecule has 2 aromatic rings. The lowest BCUT2D eigenvalue weighted by molar-refractivity contribution is 0.0640. The number of urea groups is 1. The van der Waals surface area contributed by atoms with Crippen LogP contribution in [-0.4, -0.2) is 47.9 Å². The molecule has 6 heteroatoms. The number of nitrogens with zero attached hydrogens (tertiary/aromatic N) is 2. The highest BCUT2D eigenvalue weighted by Crippen LogP contribution is 2.17. The molecule has 0 bridgehead atoms. The summed E-state index contributed by atoms with van der Waals surface area (Å²) in [6.07, 6.45) is 1.49. The summed E-state index contributed by atoms with van der Waals surface area (Å²) in [7, 11) is 0. The fraction of sp³-hybridized carbons (Fsp3) is 0.333. The molecule has 1 aliphatic rings. The van der Waals surface area contributed by atoms with Gasteiger partial charge in [-0.3, -0.25) is 4.79 Å². The number of benzene rings is 1. The van der Waals surface area contributed by atoms with Crippen LogP contribution in [-0.2, 0) is 0 Å². The number of furan rings is 1. The van der Waals surface area contributed by atoms with Crippen molar-refractivity contribution in [1.82, 2.24) is 9.80 Å². The van der Waals surface area contributed by atoms with Gasteiger partial charge in [0, 0.05) is 31.9 Å². The van der Waals surface area contributed by atoms with Gasteiger partial charge in [0.2, 0.25) is 0 Å². The number of rotatable bonds is 2. The second-order valence-electron chi connectivity index (χ2n) is 6.01. The molecule has 2 heterocycles. The molecule has 24 heavy (non-hydrogen) atoms. The average Bonchev–Trinajstić information content (AvgIpc) is 3.12. The van der Waals surface area contributed by atoms with Crippen LogP contribution in [0.25, 0.3) is 0 Å². The predicted molar refractivity (Wildman–Crippen MR) is 91.1 cm³/mol. The van der Waals surface area contributed by atoms with Crippen LogP contribution in [0.3, 0.4) is 0 Å². The largest absolute Gasteiger partial charge is 0.459 e. The minimum atomic E-state index is -0.131. The third-order valence-corrected chi connectivity index (χ3v) is 4.22. The van der Waals surface area contributed by atoms with E-state index in [9.17, 15) is 9.59 Å². The van der Waals surface area contributed by atoms with Crippen LogP contribution in [0.4, 0.5) is 10.5 Å². The van der Waals surface area contributed by atoms with Gasteiger partial charge in [0.15, 0.2) is 5.76 Å². The molecule has 1 fully saturated rings. The summed E-state index contributed by atoms with van der Waals surface area (Å²) >= 11 is 0. The average molecular weight is 327 g/mol. The van der Waals surface area contributed by atoms with Crippen molar-refractivity contribution in [2.75, 3.05) is 31.5 Å². The van der Waals surface area contributed by atoms with Gasteiger partial charge in [0.1, 0.15) is 0 Å². The number of piperazine rings is 1. The maximum Gasteiger partial charge on any atom is 0.321 e. The maximum atomic E-state index is 12.4. The lowest BCUT2D eigenvalue weighted by Gasteiger charge is -2.34. The monoisotopic (exact) mass is 327 g/mol. The summed E-state index contributed by atoms with van der Waals surface area (Å²) in [6, 6.07) is 9.19. The lowest BCUT2D eigenvalue weighted by Crippen LogP contribution is -2.51. The fourth-order valence-corrected chi connectivity index (χ4v) is 2.73. The quantitative estimate of drug-likeness (QED) is 0.922. The van der Waals surface area contributed by atoms with E-state index in [1.54, 1.807) is 21.9 Å². The molecule has 0 aliphatic carbocycles. The topological polar surface area (TPSA) is 65.8 Å². The Balaban J connectivity index is 1.57. The number of hydrogen-bond acceptors (Lipinski definition) is 3. The van der Waals surface area contributed by atoms with Gasteiger partial charge in [-0.15, -0.1) is 0 Å². The van der Waals surface area contributed by atoms with Gasteiger partial charge in [-0.05, 0) is 43.2 Å². The third-order valence-electron chi connectivity index (χ3n) is 4.22. The van der Waals surface area contributed by atoms with Crippen LogP contribution in [0.2, 0.25) is 0 Å². The standard InChI is InChI=1S/C18H21N3O3/c1-13-5-6-14(2)15(12-13)19-18(23)21-9-7-20(8-10-21)17(22)16-4-3-11-24-16/h3-6,11-12H,7-10H2,1-2H3,(H,19,23). The Morgan fingerprint density at radius 1 is 1.04 bits per heavy atom. The maximum absolute atomic E-state index is 12.4. The summed E-state index contributed by atoms with van der Waals surface area (Å²) < 4.78 is 5.14. The zero-order valence-electron chi connectivity index (χ0n) is 13.9. The van der Waals surface area contributed by atoms with E-state index >= 15 is 0 Å². The molecule has 0 saturated carbocycles. The van der Waals surface area contributed by atoms with Crippen molar-refractivity contribution in [3.05, 3.63) is 53.5 Å². The van der Waals surface area contributed by atoms with E-state index in [4.69, 9.17) is 4.42 Å². The Kier molecular flexibility index (Phi) is 4.55. The van der Waals surface area contributed by atoms with Crippen molar-refractivity contribution in [2.45, 2.75) is 13.8 Å². The van der Waals surface area contributed by atoms with E-state index in [1.807, 2.05) is 32.0 Å². The summed E-state index contributed by atoms with van der Waals surface area (Å²) in [6.45, 7) is 5.97. The van der Waals surface area contributed by atoms with E-state index in [0.29, 0.717) is 31.9 Å². The van der Waals surface area contributed by atoms with E-state index in [2.05, 4.69) is 5.32 Å². The zero-order valence-corrected chi connectivity index (χ0v) is 13.9. The molecule has 1 aromatic heterocycles. The van der Waals surface area contributed by atoms with Gasteiger partial charge in [-0.1, -0.05) is 12.1 Å². The summed E-state index contributed by atoms with van der Waals surface area (Å²) in [5, 5.41) is 2.96. The Hall–Kier alpha value is -2.76. The van der Waals surface area contributed by atoms with Crippen molar-refractivity contribution in [2.24, 2.45) is 0 Å². The number of amides is 3. The van der Waals surface area contributed by atoms with Gasteiger partial charge in [0.05, 0.1) is 6.26 Å². The Bertz CT molecular complexity index is 732.